The number of benzene rings is 1. The van der Waals surface area contributed by atoms with Gasteiger partial charge in [0.05, 0.1) is 22.7 Å². The van der Waals surface area contributed by atoms with Gasteiger partial charge in [-0.05, 0) is 6.92 Å². The summed E-state index contributed by atoms with van der Waals surface area (Å²) in [4.78, 5) is 20.9. The molecule has 0 radical (unpaired) electrons. The molecular formula is C11H12N4O5. The fraction of sp³-hybridized carbons (Fsp3) is 0.273. The van der Waals surface area contributed by atoms with E-state index < -0.39 is 17.1 Å². The molecule has 1 aromatic heterocycles. The molecular weight excluding hydrogens is 268 g/mol. The molecule has 9 nitrogen and oxygen atoms in total. The van der Waals surface area contributed by atoms with E-state index >= 15 is 0 Å². The number of aromatic amines is 1. The number of nitrogens with one attached hydrogen (secondary N) is 2. The molecule has 0 fully saturated rings. The highest BCUT2D eigenvalue weighted by molar-refractivity contribution is 5.83. The smallest absolute Gasteiger partial charge is 0.404 e. The van der Waals surface area contributed by atoms with E-state index in [0.29, 0.717) is 10.9 Å². The van der Waals surface area contributed by atoms with Crippen LogP contribution < -0.4 is 10.1 Å². The monoisotopic (exact) mass is 280 g/mol. The van der Waals surface area contributed by atoms with E-state index in [9.17, 15) is 14.9 Å². The van der Waals surface area contributed by atoms with E-state index in [4.69, 9.17) is 9.84 Å². The fourth-order valence-electron chi connectivity index (χ4n) is 1.69. The van der Waals surface area contributed by atoms with Crippen LogP contribution in [0.25, 0.3) is 10.9 Å². The summed E-state index contributed by atoms with van der Waals surface area (Å²) in [6.07, 6.45) is 0.292. The van der Waals surface area contributed by atoms with Gasteiger partial charge in [0.25, 0.3) is 0 Å². The maximum atomic E-state index is 11.0. The molecule has 0 spiro atoms. The quantitative estimate of drug-likeness (QED) is 0.562. The van der Waals surface area contributed by atoms with E-state index in [2.05, 4.69) is 15.5 Å². The number of rotatable bonds is 5. The lowest BCUT2D eigenvalue weighted by Crippen LogP contribution is -2.35. The molecule has 0 unspecified atom stereocenters. The average Bonchev–Trinajstić information content (AvgIpc) is 2.81. The van der Waals surface area contributed by atoms with Gasteiger partial charge in [0, 0.05) is 17.5 Å². The Balaban J connectivity index is 2.21. The summed E-state index contributed by atoms with van der Waals surface area (Å²) in [7, 11) is 0. The van der Waals surface area contributed by atoms with Crippen molar-refractivity contribution in [2.75, 3.05) is 6.61 Å². The van der Waals surface area contributed by atoms with Crippen LogP contribution >= 0.6 is 0 Å². The molecule has 1 amide bonds. The number of aromatic nitrogens is 2. The van der Waals surface area contributed by atoms with E-state index in [1.165, 1.54) is 18.3 Å². The number of fused-ring (bicyclic) bond motifs is 1. The number of H-pyrrole nitrogens is 1. The van der Waals surface area contributed by atoms with Crippen LogP contribution in [-0.4, -0.2) is 39.0 Å². The Kier molecular flexibility index (Phi) is 3.69. The van der Waals surface area contributed by atoms with Crippen LogP contribution in [0.3, 0.4) is 0 Å². The molecule has 1 aromatic carbocycles. The van der Waals surface area contributed by atoms with Crippen LogP contribution in [0.1, 0.15) is 6.92 Å². The topological polar surface area (TPSA) is 130 Å². The van der Waals surface area contributed by atoms with Crippen molar-refractivity contribution in [1.29, 1.82) is 0 Å². The summed E-state index contributed by atoms with van der Waals surface area (Å²) in [5, 5.41) is 28.8. The first-order valence-corrected chi connectivity index (χ1v) is 5.71. The zero-order chi connectivity index (χ0) is 14.7. The Labute approximate surface area is 112 Å². The van der Waals surface area contributed by atoms with Crippen LogP contribution in [0.4, 0.5) is 10.5 Å². The average molecular weight is 280 g/mol. The Morgan fingerprint density at radius 2 is 2.40 bits per heavy atom. The molecule has 9 heteroatoms. The Bertz CT molecular complexity index is 653. The number of nitro groups is 1. The molecule has 0 saturated carbocycles. The first kappa shape index (κ1) is 13.6. The minimum Gasteiger partial charge on any atom is -0.485 e. The van der Waals surface area contributed by atoms with E-state index in [-0.39, 0.29) is 18.0 Å². The van der Waals surface area contributed by atoms with Crippen molar-refractivity contribution in [2.45, 2.75) is 13.0 Å². The van der Waals surface area contributed by atoms with Crippen LogP contribution in [0.2, 0.25) is 0 Å². The largest absolute Gasteiger partial charge is 0.485 e. The summed E-state index contributed by atoms with van der Waals surface area (Å²) in [6.45, 7) is 1.57. The predicted molar refractivity (Wildman–Crippen MR) is 68.9 cm³/mol. The molecule has 0 saturated heterocycles. The lowest BCUT2D eigenvalue weighted by Gasteiger charge is -2.13. The Morgan fingerprint density at radius 3 is 3.05 bits per heavy atom. The molecule has 2 rings (SSSR count). The van der Waals surface area contributed by atoms with Gasteiger partial charge >= 0.3 is 11.8 Å². The van der Waals surface area contributed by atoms with E-state index in [1.807, 2.05) is 0 Å². The van der Waals surface area contributed by atoms with Crippen molar-refractivity contribution < 1.29 is 19.6 Å². The third-order valence-corrected chi connectivity index (χ3v) is 2.58. The van der Waals surface area contributed by atoms with Crippen molar-refractivity contribution in [3.05, 3.63) is 28.4 Å². The molecule has 1 atom stereocenters. The van der Waals surface area contributed by atoms with Crippen LogP contribution in [0.5, 0.6) is 5.75 Å². The third kappa shape index (κ3) is 2.94. The zero-order valence-electron chi connectivity index (χ0n) is 10.5. The molecule has 106 valence electrons. The Hall–Kier alpha value is -2.84. The van der Waals surface area contributed by atoms with E-state index in [1.54, 1.807) is 6.92 Å². The highest BCUT2D eigenvalue weighted by Gasteiger charge is 2.18. The minimum atomic E-state index is -1.18. The van der Waals surface area contributed by atoms with Gasteiger partial charge in [0.2, 0.25) is 0 Å². The first-order valence-electron chi connectivity index (χ1n) is 5.71. The van der Waals surface area contributed by atoms with Crippen LogP contribution in [-0.2, 0) is 0 Å². The Morgan fingerprint density at radius 1 is 1.65 bits per heavy atom. The highest BCUT2D eigenvalue weighted by Crippen LogP contribution is 2.31. The number of carboxylic acid groups (broad SMARTS) is 1. The number of carbonyl (C=O) groups is 1. The molecule has 20 heavy (non-hydrogen) atoms. The number of ether oxygens (including phenoxy) is 1. The van der Waals surface area contributed by atoms with E-state index in [0.717, 1.165) is 0 Å². The first-order chi connectivity index (χ1) is 9.47. The SMILES string of the molecule is C[C@@H](COc1cc2[nH]ncc2cc1[N+](=O)[O-])NC(=O)O. The fourth-order valence-corrected chi connectivity index (χ4v) is 1.69. The molecule has 0 aliphatic rings. The van der Waals surface area contributed by atoms with Gasteiger partial charge in [0.15, 0.2) is 5.75 Å². The summed E-state index contributed by atoms with van der Waals surface area (Å²) in [6, 6.07) is 2.32. The van der Waals surface area contributed by atoms with Crippen LogP contribution in [0, 0.1) is 10.1 Å². The van der Waals surface area contributed by atoms with Gasteiger partial charge in [-0.1, -0.05) is 0 Å². The maximum Gasteiger partial charge on any atom is 0.404 e. The van der Waals surface area contributed by atoms with Crippen molar-refractivity contribution in [2.24, 2.45) is 0 Å². The van der Waals surface area contributed by atoms with Gasteiger partial charge in [-0.3, -0.25) is 15.2 Å². The highest BCUT2D eigenvalue weighted by atomic mass is 16.6. The molecule has 0 aliphatic heterocycles. The summed E-state index contributed by atoms with van der Waals surface area (Å²) < 4.78 is 5.32. The summed E-state index contributed by atoms with van der Waals surface area (Å²) in [5.41, 5.74) is 0.408. The lowest BCUT2D eigenvalue weighted by atomic mass is 10.2. The second-order valence-electron chi connectivity index (χ2n) is 4.20. The number of amides is 1. The number of nitrogens with zero attached hydrogens (tertiary/aromatic N) is 2. The minimum absolute atomic E-state index is 0.0210. The third-order valence-electron chi connectivity index (χ3n) is 2.58. The summed E-state index contributed by atoms with van der Waals surface area (Å²) in [5.74, 6) is 0.0609. The second-order valence-corrected chi connectivity index (χ2v) is 4.20. The van der Waals surface area contributed by atoms with Gasteiger partial charge in [-0.25, -0.2) is 4.79 Å². The lowest BCUT2D eigenvalue weighted by molar-refractivity contribution is -0.385. The zero-order valence-corrected chi connectivity index (χ0v) is 10.5. The molecule has 1 heterocycles. The van der Waals surface area contributed by atoms with Crippen molar-refractivity contribution >= 4 is 22.7 Å². The predicted octanol–water partition coefficient (Wildman–Crippen LogP) is 1.51. The molecule has 0 bridgehead atoms. The second kappa shape index (κ2) is 5.43. The molecule has 0 aliphatic carbocycles. The van der Waals surface area contributed by atoms with Crippen molar-refractivity contribution in [3.63, 3.8) is 0 Å². The van der Waals surface area contributed by atoms with Crippen molar-refractivity contribution in [1.82, 2.24) is 15.5 Å². The van der Waals surface area contributed by atoms with Gasteiger partial charge in [-0.2, -0.15) is 5.10 Å². The maximum absolute atomic E-state index is 11.0. The van der Waals surface area contributed by atoms with Gasteiger partial charge < -0.3 is 15.2 Å². The number of nitro benzene ring substituents is 1. The normalized spacial score (nSPS) is 12.1. The molecule has 2 aromatic rings. The standard InChI is InChI=1S/C11H12N4O5/c1-6(13-11(16)17)5-20-10-3-8-7(4-12-14-8)2-9(10)15(18)19/h2-4,6,13H,5H2,1H3,(H,12,14)(H,16,17)/t6-/m0/s1. The van der Waals surface area contributed by atoms with Gasteiger partial charge in [-0.15, -0.1) is 0 Å². The number of hydrogen-bond acceptors (Lipinski definition) is 5. The van der Waals surface area contributed by atoms with Crippen molar-refractivity contribution in [3.8, 4) is 5.75 Å². The van der Waals surface area contributed by atoms with Gasteiger partial charge in [0.1, 0.15) is 6.61 Å². The molecule has 3 N–H and O–H groups in total. The number of hydrogen-bond donors (Lipinski definition) is 3. The summed E-state index contributed by atoms with van der Waals surface area (Å²) >= 11 is 0. The van der Waals surface area contributed by atoms with Crippen LogP contribution in [0.15, 0.2) is 18.3 Å².